The first-order valence-corrected chi connectivity index (χ1v) is 11.6. The predicted octanol–water partition coefficient (Wildman–Crippen LogP) is 4.15. The van der Waals surface area contributed by atoms with Crippen molar-refractivity contribution in [3.63, 3.8) is 0 Å². The Kier molecular flexibility index (Phi) is 7.34. The largest absolute Gasteiger partial charge is 0.326 e. The second-order valence-corrected chi connectivity index (χ2v) is 9.98. The Morgan fingerprint density at radius 2 is 1.97 bits per heavy atom. The van der Waals surface area contributed by atoms with E-state index in [1.165, 1.54) is 23.1 Å². The average molecular weight is 479 g/mol. The number of hydrogen-bond acceptors (Lipinski definition) is 7. The number of carbonyl (C=O) groups is 2. The molecule has 0 saturated carbocycles. The van der Waals surface area contributed by atoms with Crippen LogP contribution in [-0.4, -0.2) is 36.8 Å². The summed E-state index contributed by atoms with van der Waals surface area (Å²) >= 11 is 8.82. The molecule has 0 fully saturated rings. The fraction of sp³-hybridized carbons (Fsp3) is 0.350. The van der Waals surface area contributed by atoms with Gasteiger partial charge in [-0.1, -0.05) is 29.4 Å². The molecule has 0 unspecified atom stereocenters. The number of hydrogen-bond donors (Lipinski definition) is 2. The molecule has 1 atom stereocenters. The van der Waals surface area contributed by atoms with Crippen LogP contribution in [0.5, 0.6) is 0 Å². The lowest BCUT2D eigenvalue weighted by molar-refractivity contribution is -0.116. The van der Waals surface area contributed by atoms with Crippen LogP contribution < -0.4 is 10.6 Å². The second kappa shape index (κ2) is 9.80. The van der Waals surface area contributed by atoms with Crippen LogP contribution in [0.25, 0.3) is 0 Å². The third-order valence-electron chi connectivity index (χ3n) is 4.61. The predicted molar refractivity (Wildman–Crippen MR) is 125 cm³/mol. The third-order valence-corrected chi connectivity index (χ3v) is 7.14. The van der Waals surface area contributed by atoms with E-state index in [0.29, 0.717) is 26.8 Å². The minimum atomic E-state index is -0.413. The molecule has 3 rings (SSSR count). The van der Waals surface area contributed by atoms with E-state index >= 15 is 0 Å². The van der Waals surface area contributed by atoms with Gasteiger partial charge in [0.1, 0.15) is 5.82 Å². The van der Waals surface area contributed by atoms with E-state index in [1.54, 1.807) is 30.7 Å². The SMILES string of the molecule is Cc1ccc(NC(=O)Cc2nnc(S[C@@H](C)C(=O)Nc3nc(C)c(C)s3)n2C)cc1Cl. The lowest BCUT2D eigenvalue weighted by Gasteiger charge is -2.10. The van der Waals surface area contributed by atoms with E-state index in [1.807, 2.05) is 26.8 Å². The molecule has 3 aromatic rings. The molecule has 2 aromatic heterocycles. The standard InChI is InChI=1S/C20H23ClN6O2S2/c1-10-6-7-14(8-15(10)21)23-17(28)9-16-25-26-20(27(16)5)31-13(4)18(29)24-19-22-11(2)12(3)30-19/h6-8,13H,9H2,1-5H3,(H,23,28)(H,22,24,29)/t13-/m0/s1. The number of benzene rings is 1. The summed E-state index contributed by atoms with van der Waals surface area (Å²) in [6, 6.07) is 5.34. The van der Waals surface area contributed by atoms with E-state index in [0.717, 1.165) is 16.1 Å². The molecular weight excluding hydrogens is 456 g/mol. The Labute approximate surface area is 193 Å². The van der Waals surface area contributed by atoms with Gasteiger partial charge in [0, 0.05) is 22.6 Å². The fourth-order valence-electron chi connectivity index (χ4n) is 2.57. The van der Waals surface area contributed by atoms with Crippen LogP contribution in [0.4, 0.5) is 10.8 Å². The van der Waals surface area contributed by atoms with Gasteiger partial charge in [-0.15, -0.1) is 21.5 Å². The monoisotopic (exact) mass is 478 g/mol. The zero-order valence-electron chi connectivity index (χ0n) is 17.8. The van der Waals surface area contributed by atoms with Crippen LogP contribution in [0.1, 0.15) is 28.9 Å². The molecule has 31 heavy (non-hydrogen) atoms. The molecule has 2 amide bonds. The van der Waals surface area contributed by atoms with Gasteiger partial charge >= 0.3 is 0 Å². The normalized spacial score (nSPS) is 11.9. The van der Waals surface area contributed by atoms with Crippen molar-refractivity contribution < 1.29 is 9.59 Å². The van der Waals surface area contributed by atoms with E-state index in [-0.39, 0.29) is 18.2 Å². The molecule has 1 aromatic carbocycles. The zero-order valence-corrected chi connectivity index (χ0v) is 20.2. The highest BCUT2D eigenvalue weighted by molar-refractivity contribution is 8.00. The van der Waals surface area contributed by atoms with E-state index in [2.05, 4.69) is 25.8 Å². The maximum absolute atomic E-state index is 12.5. The van der Waals surface area contributed by atoms with Crippen molar-refractivity contribution in [2.75, 3.05) is 10.6 Å². The molecule has 0 spiro atoms. The molecule has 0 aliphatic carbocycles. The van der Waals surface area contributed by atoms with E-state index < -0.39 is 5.25 Å². The van der Waals surface area contributed by atoms with Crippen molar-refractivity contribution in [2.45, 2.75) is 44.5 Å². The second-order valence-electron chi connectivity index (χ2n) is 7.06. The van der Waals surface area contributed by atoms with Gasteiger partial charge in [0.15, 0.2) is 10.3 Å². The molecule has 0 saturated heterocycles. The Morgan fingerprint density at radius 1 is 1.23 bits per heavy atom. The number of thiazole rings is 1. The van der Waals surface area contributed by atoms with Crippen LogP contribution in [0, 0.1) is 20.8 Å². The van der Waals surface area contributed by atoms with Crippen molar-refractivity contribution in [3.8, 4) is 0 Å². The third kappa shape index (κ3) is 5.84. The van der Waals surface area contributed by atoms with Gasteiger partial charge < -0.3 is 15.2 Å². The first kappa shape index (κ1) is 23.2. The first-order valence-electron chi connectivity index (χ1n) is 9.50. The summed E-state index contributed by atoms with van der Waals surface area (Å²) in [5.74, 6) is 0.0987. The quantitative estimate of drug-likeness (QED) is 0.494. The summed E-state index contributed by atoms with van der Waals surface area (Å²) in [5, 5.41) is 15.2. The number of aromatic nitrogens is 4. The van der Waals surface area contributed by atoms with Crippen LogP contribution in [0.2, 0.25) is 5.02 Å². The summed E-state index contributed by atoms with van der Waals surface area (Å²) in [5.41, 5.74) is 2.47. The van der Waals surface area contributed by atoms with Crippen LogP contribution >= 0.6 is 34.7 Å². The topological polar surface area (TPSA) is 102 Å². The van der Waals surface area contributed by atoms with Gasteiger partial charge in [-0.25, -0.2) is 4.98 Å². The van der Waals surface area contributed by atoms with Crippen molar-refractivity contribution in [2.24, 2.45) is 7.05 Å². The number of thioether (sulfide) groups is 1. The maximum Gasteiger partial charge on any atom is 0.239 e. The minimum absolute atomic E-state index is 0.0494. The first-order chi connectivity index (χ1) is 14.6. The number of halogens is 1. The molecule has 0 aliphatic heterocycles. The van der Waals surface area contributed by atoms with Gasteiger partial charge in [-0.05, 0) is 45.4 Å². The molecule has 8 nitrogen and oxygen atoms in total. The Morgan fingerprint density at radius 3 is 2.61 bits per heavy atom. The van der Waals surface area contributed by atoms with Gasteiger partial charge in [-0.2, -0.15) is 0 Å². The number of amides is 2. The number of rotatable bonds is 7. The number of anilines is 2. The fourth-order valence-corrected chi connectivity index (χ4v) is 4.40. The lowest BCUT2D eigenvalue weighted by Crippen LogP contribution is -2.23. The molecule has 0 bridgehead atoms. The van der Waals surface area contributed by atoms with Crippen LogP contribution in [0.3, 0.4) is 0 Å². The van der Waals surface area contributed by atoms with Gasteiger partial charge in [0.2, 0.25) is 11.8 Å². The van der Waals surface area contributed by atoms with Crippen molar-refractivity contribution in [1.29, 1.82) is 0 Å². The van der Waals surface area contributed by atoms with E-state index in [9.17, 15) is 9.59 Å². The smallest absolute Gasteiger partial charge is 0.239 e. The number of aryl methyl sites for hydroxylation is 3. The Balaban J connectivity index is 1.59. The molecule has 2 N–H and O–H groups in total. The van der Waals surface area contributed by atoms with Gasteiger partial charge in [-0.3, -0.25) is 9.59 Å². The van der Waals surface area contributed by atoms with Gasteiger partial charge in [0.25, 0.3) is 0 Å². The summed E-state index contributed by atoms with van der Waals surface area (Å²) in [7, 11) is 1.77. The molecule has 0 aliphatic rings. The minimum Gasteiger partial charge on any atom is -0.326 e. The average Bonchev–Trinajstić information content (AvgIpc) is 3.20. The van der Waals surface area contributed by atoms with Crippen molar-refractivity contribution in [1.82, 2.24) is 19.7 Å². The molecule has 2 heterocycles. The van der Waals surface area contributed by atoms with E-state index in [4.69, 9.17) is 11.6 Å². The molecule has 164 valence electrons. The molecule has 0 radical (unpaired) electrons. The summed E-state index contributed by atoms with van der Waals surface area (Å²) < 4.78 is 1.72. The highest BCUT2D eigenvalue weighted by Gasteiger charge is 2.21. The zero-order chi connectivity index (χ0) is 22.7. The Hall–Kier alpha value is -2.43. The maximum atomic E-state index is 12.5. The number of carbonyl (C=O) groups excluding carboxylic acids is 2. The van der Waals surface area contributed by atoms with Crippen molar-refractivity contribution in [3.05, 3.63) is 45.2 Å². The molecule has 11 heteroatoms. The van der Waals surface area contributed by atoms with Crippen LogP contribution in [-0.2, 0) is 23.1 Å². The summed E-state index contributed by atoms with van der Waals surface area (Å²) in [6.07, 6.45) is 0.0494. The molecular formula is C20H23ClN6O2S2. The van der Waals surface area contributed by atoms with Gasteiger partial charge in [0.05, 0.1) is 17.4 Å². The number of nitrogens with one attached hydrogen (secondary N) is 2. The number of nitrogens with zero attached hydrogens (tertiary/aromatic N) is 4. The highest BCUT2D eigenvalue weighted by atomic mass is 35.5. The highest BCUT2D eigenvalue weighted by Crippen LogP contribution is 2.25. The summed E-state index contributed by atoms with van der Waals surface area (Å²) in [6.45, 7) is 7.55. The van der Waals surface area contributed by atoms with Crippen LogP contribution in [0.15, 0.2) is 23.4 Å². The lowest BCUT2D eigenvalue weighted by atomic mass is 10.2. The summed E-state index contributed by atoms with van der Waals surface area (Å²) in [4.78, 5) is 30.3. The van der Waals surface area contributed by atoms with Crippen molar-refractivity contribution >= 4 is 57.3 Å². The Bertz CT molecular complexity index is 1110.